The Hall–Kier alpha value is -0.0900. The summed E-state index contributed by atoms with van der Waals surface area (Å²) in [4.78, 5) is 0. The van der Waals surface area contributed by atoms with E-state index in [9.17, 15) is 0 Å². The molecule has 19 heavy (non-hydrogen) atoms. The van der Waals surface area contributed by atoms with E-state index in [1.807, 2.05) is 6.07 Å². The van der Waals surface area contributed by atoms with E-state index in [2.05, 4.69) is 33.5 Å². The number of nitrogens with two attached hydrogens (primary N) is 1. The fourth-order valence-electron chi connectivity index (χ4n) is 3.87. The Morgan fingerprint density at radius 2 is 2.00 bits per heavy atom. The maximum atomic E-state index is 6.31. The van der Waals surface area contributed by atoms with Crippen LogP contribution in [0.25, 0.3) is 0 Å². The fraction of sp³-hybridized carbons (Fsp3) is 0.600. The topological polar surface area (TPSA) is 38.0 Å². The Bertz CT molecular complexity index is 453. The van der Waals surface area contributed by atoms with Gasteiger partial charge in [0.2, 0.25) is 0 Å². The molecule has 2 aliphatic rings. The third kappa shape index (κ3) is 2.85. The minimum absolute atomic E-state index is 0.367. The molecular formula is C15H20BrClN2. The van der Waals surface area contributed by atoms with Gasteiger partial charge in [-0.2, -0.15) is 0 Å². The minimum atomic E-state index is 0.367. The highest BCUT2D eigenvalue weighted by molar-refractivity contribution is 9.10. The number of hydrogen-bond acceptors (Lipinski definition) is 2. The van der Waals surface area contributed by atoms with Crippen molar-refractivity contribution in [2.75, 3.05) is 0 Å². The summed E-state index contributed by atoms with van der Waals surface area (Å²) in [6, 6.07) is 6.48. The lowest BCUT2D eigenvalue weighted by atomic mass is 10.0. The highest BCUT2D eigenvalue weighted by atomic mass is 79.9. The average Bonchev–Trinajstić information content (AvgIpc) is 3.12. The first-order valence-electron chi connectivity index (χ1n) is 7.10. The van der Waals surface area contributed by atoms with Gasteiger partial charge in [0.05, 0.1) is 0 Å². The Morgan fingerprint density at radius 1 is 1.32 bits per heavy atom. The van der Waals surface area contributed by atoms with Crippen molar-refractivity contribution in [3.05, 3.63) is 33.3 Å². The molecule has 104 valence electrons. The van der Waals surface area contributed by atoms with Crippen LogP contribution in [0.1, 0.15) is 31.2 Å². The van der Waals surface area contributed by atoms with E-state index in [0.717, 1.165) is 33.7 Å². The molecule has 0 amide bonds. The normalized spacial score (nSPS) is 30.8. The summed E-state index contributed by atoms with van der Waals surface area (Å²) in [6.45, 7) is 0. The lowest BCUT2D eigenvalue weighted by Crippen LogP contribution is -2.39. The van der Waals surface area contributed by atoms with Gasteiger partial charge in [-0.05, 0) is 54.7 Å². The largest absolute Gasteiger partial charge is 0.271 e. The molecule has 3 N–H and O–H groups in total. The Balaban J connectivity index is 1.70. The molecule has 0 aromatic heterocycles. The number of halogens is 2. The van der Waals surface area contributed by atoms with Crippen molar-refractivity contribution >= 4 is 27.5 Å². The molecule has 3 atom stereocenters. The molecule has 2 saturated carbocycles. The number of rotatable bonds is 4. The summed E-state index contributed by atoms with van der Waals surface area (Å²) in [6.07, 6.45) is 6.51. The zero-order valence-electron chi connectivity index (χ0n) is 10.9. The standard InChI is InChI=1S/C15H20BrClN2/c16-10-6-5-9(13(17)8-10)7-14(19-18)15-11-3-1-2-4-12(11)15/h5-6,8,11-12,14-15,19H,1-4,7,18H2. The van der Waals surface area contributed by atoms with E-state index in [1.165, 1.54) is 31.2 Å². The van der Waals surface area contributed by atoms with Crippen LogP contribution in [0.3, 0.4) is 0 Å². The van der Waals surface area contributed by atoms with Crippen molar-refractivity contribution in [1.29, 1.82) is 0 Å². The van der Waals surface area contributed by atoms with Crippen molar-refractivity contribution < 1.29 is 0 Å². The molecular weight excluding hydrogens is 324 g/mol. The molecule has 0 bridgehead atoms. The van der Waals surface area contributed by atoms with Gasteiger partial charge in [-0.25, -0.2) is 0 Å². The van der Waals surface area contributed by atoms with Gasteiger partial charge in [-0.15, -0.1) is 0 Å². The van der Waals surface area contributed by atoms with E-state index in [-0.39, 0.29) is 0 Å². The van der Waals surface area contributed by atoms with Crippen molar-refractivity contribution in [3.63, 3.8) is 0 Å². The second kappa shape index (κ2) is 5.72. The first-order chi connectivity index (χ1) is 9.20. The fourth-order valence-corrected chi connectivity index (χ4v) is 4.63. The minimum Gasteiger partial charge on any atom is -0.271 e. The molecule has 3 rings (SSSR count). The average molecular weight is 344 g/mol. The molecule has 0 saturated heterocycles. The maximum Gasteiger partial charge on any atom is 0.0449 e. The van der Waals surface area contributed by atoms with Gasteiger partial charge < -0.3 is 0 Å². The summed E-state index contributed by atoms with van der Waals surface area (Å²) in [5, 5.41) is 0.832. The summed E-state index contributed by atoms with van der Waals surface area (Å²) >= 11 is 9.76. The summed E-state index contributed by atoms with van der Waals surface area (Å²) in [5.74, 6) is 8.36. The number of benzene rings is 1. The van der Waals surface area contributed by atoms with Crippen LogP contribution in [0.4, 0.5) is 0 Å². The molecule has 2 fully saturated rings. The predicted molar refractivity (Wildman–Crippen MR) is 82.9 cm³/mol. The van der Waals surface area contributed by atoms with Crippen LogP contribution in [-0.4, -0.2) is 6.04 Å². The van der Waals surface area contributed by atoms with Gasteiger partial charge >= 0.3 is 0 Å². The molecule has 1 aromatic carbocycles. The van der Waals surface area contributed by atoms with Gasteiger partial charge in [-0.1, -0.05) is 46.4 Å². The van der Waals surface area contributed by atoms with E-state index < -0.39 is 0 Å². The molecule has 0 heterocycles. The van der Waals surface area contributed by atoms with Crippen LogP contribution in [0.2, 0.25) is 5.02 Å². The van der Waals surface area contributed by atoms with Crippen molar-refractivity contribution in [2.45, 2.75) is 38.1 Å². The van der Waals surface area contributed by atoms with Crippen LogP contribution in [0, 0.1) is 17.8 Å². The quantitative estimate of drug-likeness (QED) is 0.642. The van der Waals surface area contributed by atoms with E-state index in [1.54, 1.807) is 0 Å². The van der Waals surface area contributed by atoms with Gasteiger partial charge in [0, 0.05) is 15.5 Å². The molecule has 0 radical (unpaired) electrons. The van der Waals surface area contributed by atoms with Crippen LogP contribution in [-0.2, 0) is 6.42 Å². The molecule has 0 aliphatic heterocycles. The summed E-state index contributed by atoms with van der Waals surface area (Å²) in [7, 11) is 0. The van der Waals surface area contributed by atoms with Crippen LogP contribution in [0.5, 0.6) is 0 Å². The first-order valence-corrected chi connectivity index (χ1v) is 8.28. The summed E-state index contributed by atoms with van der Waals surface area (Å²) in [5.41, 5.74) is 4.23. The van der Waals surface area contributed by atoms with E-state index in [4.69, 9.17) is 17.4 Å². The molecule has 0 spiro atoms. The molecule has 2 aliphatic carbocycles. The van der Waals surface area contributed by atoms with Crippen LogP contribution in [0.15, 0.2) is 22.7 Å². The molecule has 2 nitrogen and oxygen atoms in total. The molecule has 1 aromatic rings. The molecule has 4 heteroatoms. The van der Waals surface area contributed by atoms with E-state index >= 15 is 0 Å². The SMILES string of the molecule is NNC(Cc1ccc(Br)cc1Cl)C1C2CCCCC21. The third-order valence-electron chi connectivity index (χ3n) is 4.86. The predicted octanol–water partition coefficient (Wildman–Crippen LogP) is 3.91. The highest BCUT2D eigenvalue weighted by Crippen LogP contribution is 2.57. The first kappa shape index (κ1) is 13.9. The Labute approximate surface area is 128 Å². The van der Waals surface area contributed by atoms with Crippen LogP contribution >= 0.6 is 27.5 Å². The smallest absolute Gasteiger partial charge is 0.0449 e. The second-order valence-corrected chi connectivity index (χ2v) is 7.23. The monoisotopic (exact) mass is 342 g/mol. The Morgan fingerprint density at radius 3 is 2.58 bits per heavy atom. The van der Waals surface area contributed by atoms with Crippen molar-refractivity contribution in [3.8, 4) is 0 Å². The van der Waals surface area contributed by atoms with Gasteiger partial charge in [0.25, 0.3) is 0 Å². The number of hydrazine groups is 1. The Kier molecular flexibility index (Phi) is 4.18. The number of hydrogen-bond donors (Lipinski definition) is 2. The maximum absolute atomic E-state index is 6.31. The van der Waals surface area contributed by atoms with Gasteiger partial charge in [0.1, 0.15) is 0 Å². The van der Waals surface area contributed by atoms with Crippen molar-refractivity contribution in [1.82, 2.24) is 5.43 Å². The number of nitrogens with one attached hydrogen (secondary N) is 1. The summed E-state index contributed by atoms with van der Waals surface area (Å²) < 4.78 is 1.03. The van der Waals surface area contributed by atoms with E-state index in [0.29, 0.717) is 6.04 Å². The van der Waals surface area contributed by atoms with Crippen LogP contribution < -0.4 is 11.3 Å². The third-order valence-corrected chi connectivity index (χ3v) is 5.70. The lowest BCUT2D eigenvalue weighted by Gasteiger charge is -2.17. The van der Waals surface area contributed by atoms with Gasteiger partial charge in [-0.3, -0.25) is 11.3 Å². The van der Waals surface area contributed by atoms with Crippen molar-refractivity contribution in [2.24, 2.45) is 23.6 Å². The van der Waals surface area contributed by atoms with Gasteiger partial charge in [0.15, 0.2) is 0 Å². The number of fused-ring (bicyclic) bond motifs is 1. The highest BCUT2D eigenvalue weighted by Gasteiger charge is 2.53. The lowest BCUT2D eigenvalue weighted by molar-refractivity contribution is 0.437. The zero-order chi connectivity index (χ0) is 13.4. The zero-order valence-corrected chi connectivity index (χ0v) is 13.3. The second-order valence-electron chi connectivity index (χ2n) is 5.90. The molecule has 3 unspecified atom stereocenters.